The molecular formula is C10H14N4O6. The Kier molecular flexibility index (Phi) is 2.92. The number of aliphatic carboxylic acids is 1. The van der Waals surface area contributed by atoms with Crippen molar-refractivity contribution in [2.24, 2.45) is 5.92 Å². The predicted octanol–water partition coefficient (Wildman–Crippen LogP) is -1.89. The Morgan fingerprint density at radius 3 is 2.55 bits per heavy atom. The summed E-state index contributed by atoms with van der Waals surface area (Å²) in [5.74, 6) is -1.59. The number of carboxylic acid groups (broad SMARTS) is 1. The van der Waals surface area contributed by atoms with Crippen molar-refractivity contribution in [2.45, 2.75) is 12.8 Å². The maximum atomic E-state index is 11.3. The molecule has 2 aliphatic heterocycles. The van der Waals surface area contributed by atoms with Gasteiger partial charge in [-0.15, -0.1) is 0 Å². The summed E-state index contributed by atoms with van der Waals surface area (Å²) in [5.41, 5.74) is 0. The molecule has 2 aliphatic rings. The number of hydrogen-bond donors (Lipinski definition) is 1. The highest BCUT2D eigenvalue weighted by Gasteiger charge is 2.38. The molecule has 3 rings (SSSR count). The SMILES string of the molecule is O=C(O)C1CN(n2on2OCCN2C(=O)CCC2=O)C1. The molecule has 0 atom stereocenters. The van der Waals surface area contributed by atoms with Crippen LogP contribution in [0.15, 0.2) is 4.63 Å². The Bertz CT molecular complexity index is 520. The standard InChI is InChI=1S/C10H14N4O6/c15-8-1-2-9(16)12(8)3-4-19-14-13(20-14)11-5-7(6-11)10(17)18/h7H,1-6H2,(H,17,18). The van der Waals surface area contributed by atoms with E-state index in [1.807, 2.05) is 0 Å². The van der Waals surface area contributed by atoms with Crippen LogP contribution in [-0.2, 0) is 14.4 Å². The zero-order valence-corrected chi connectivity index (χ0v) is 10.6. The van der Waals surface area contributed by atoms with Gasteiger partial charge in [-0.2, -0.15) is 4.63 Å². The van der Waals surface area contributed by atoms with E-state index < -0.39 is 5.97 Å². The maximum absolute atomic E-state index is 11.3. The molecule has 0 saturated carbocycles. The number of carbonyl (C=O) groups excluding carboxylic acids is 2. The Morgan fingerprint density at radius 2 is 1.95 bits per heavy atom. The first-order valence-corrected chi connectivity index (χ1v) is 6.28. The number of hydrogen-bond acceptors (Lipinski definition) is 6. The van der Waals surface area contributed by atoms with Crippen LogP contribution in [0, 0.1) is 5.92 Å². The summed E-state index contributed by atoms with van der Waals surface area (Å²) < 4.78 is 4.96. The fourth-order valence-electron chi connectivity index (χ4n) is 2.11. The van der Waals surface area contributed by atoms with E-state index in [1.54, 1.807) is 5.01 Å². The van der Waals surface area contributed by atoms with E-state index in [0.717, 1.165) is 9.92 Å². The third-order valence-electron chi connectivity index (χ3n) is 3.38. The number of carbonyl (C=O) groups is 3. The minimum atomic E-state index is -0.832. The Balaban J connectivity index is 1.38. The van der Waals surface area contributed by atoms with Crippen molar-refractivity contribution in [1.82, 2.24) is 14.9 Å². The van der Waals surface area contributed by atoms with Crippen LogP contribution in [-0.4, -0.2) is 64.0 Å². The van der Waals surface area contributed by atoms with E-state index >= 15 is 0 Å². The van der Waals surface area contributed by atoms with Gasteiger partial charge in [0.15, 0.2) is 0 Å². The van der Waals surface area contributed by atoms with Gasteiger partial charge in [0.2, 0.25) is 11.8 Å². The maximum Gasteiger partial charge on any atom is 0.310 e. The van der Waals surface area contributed by atoms with Gasteiger partial charge in [0, 0.05) is 17.8 Å². The van der Waals surface area contributed by atoms with Crippen LogP contribution in [0.5, 0.6) is 0 Å². The van der Waals surface area contributed by atoms with E-state index in [9.17, 15) is 14.4 Å². The summed E-state index contributed by atoms with van der Waals surface area (Å²) in [6.45, 7) is 1.03. The lowest BCUT2D eigenvalue weighted by Crippen LogP contribution is -2.55. The van der Waals surface area contributed by atoms with Gasteiger partial charge < -0.3 is 9.94 Å². The monoisotopic (exact) mass is 286 g/mol. The largest absolute Gasteiger partial charge is 0.481 e. The average Bonchev–Trinajstić information content (AvgIpc) is 3.00. The van der Waals surface area contributed by atoms with Crippen molar-refractivity contribution in [1.29, 1.82) is 0 Å². The first-order valence-electron chi connectivity index (χ1n) is 6.28. The van der Waals surface area contributed by atoms with Crippen molar-refractivity contribution in [3.63, 3.8) is 0 Å². The highest BCUT2D eigenvalue weighted by molar-refractivity contribution is 6.01. The molecule has 110 valence electrons. The molecule has 0 spiro atoms. The quantitative estimate of drug-likeness (QED) is 0.609. The van der Waals surface area contributed by atoms with Gasteiger partial charge in [0.05, 0.1) is 25.6 Å². The summed E-state index contributed by atoms with van der Waals surface area (Å²) in [6, 6.07) is 0. The molecule has 10 nitrogen and oxygen atoms in total. The fourth-order valence-corrected chi connectivity index (χ4v) is 2.11. The van der Waals surface area contributed by atoms with Gasteiger partial charge in [-0.25, -0.2) is 0 Å². The van der Waals surface area contributed by atoms with Crippen LogP contribution in [0.3, 0.4) is 0 Å². The van der Waals surface area contributed by atoms with Gasteiger partial charge in [-0.05, 0) is 0 Å². The molecule has 3 heterocycles. The molecule has 0 bridgehead atoms. The molecule has 0 unspecified atom stereocenters. The van der Waals surface area contributed by atoms with E-state index in [2.05, 4.69) is 0 Å². The second-order valence-electron chi connectivity index (χ2n) is 4.75. The summed E-state index contributed by atoms with van der Waals surface area (Å²) in [4.78, 5) is 40.9. The number of rotatable bonds is 6. The van der Waals surface area contributed by atoms with Crippen LogP contribution >= 0.6 is 0 Å². The third-order valence-corrected chi connectivity index (χ3v) is 3.38. The van der Waals surface area contributed by atoms with Crippen molar-refractivity contribution in [3.8, 4) is 0 Å². The van der Waals surface area contributed by atoms with Crippen LogP contribution in [0.4, 0.5) is 0 Å². The number of amides is 2. The first kappa shape index (κ1) is 12.6. The van der Waals surface area contributed by atoms with Crippen LogP contribution in [0.25, 0.3) is 0 Å². The summed E-state index contributed by atoms with van der Waals surface area (Å²) in [5, 5.41) is 11.5. The highest BCUT2D eigenvalue weighted by atomic mass is 17.0. The second kappa shape index (κ2) is 4.62. The summed E-state index contributed by atoms with van der Waals surface area (Å²) >= 11 is 0. The molecule has 1 N–H and O–H groups in total. The second-order valence-corrected chi connectivity index (χ2v) is 4.75. The van der Waals surface area contributed by atoms with Crippen molar-refractivity contribution in [3.05, 3.63) is 0 Å². The van der Waals surface area contributed by atoms with E-state index in [1.165, 1.54) is 4.96 Å². The molecule has 2 fully saturated rings. The van der Waals surface area contributed by atoms with Crippen LogP contribution in [0.2, 0.25) is 0 Å². The number of imide groups is 1. The molecule has 0 aliphatic carbocycles. The fraction of sp³-hybridized carbons (Fsp3) is 0.700. The van der Waals surface area contributed by atoms with Crippen molar-refractivity contribution >= 4 is 17.8 Å². The molecule has 1 aromatic rings. The average molecular weight is 286 g/mol. The zero-order chi connectivity index (χ0) is 14.3. The molecule has 2 saturated heterocycles. The number of likely N-dealkylation sites (tertiary alicyclic amines) is 1. The molecule has 1 aromatic heterocycles. The lowest BCUT2D eigenvalue weighted by Gasteiger charge is -2.32. The van der Waals surface area contributed by atoms with Gasteiger partial charge >= 0.3 is 5.97 Å². The minimum absolute atomic E-state index is 0.129. The lowest BCUT2D eigenvalue weighted by molar-refractivity contribution is -0.143. The minimum Gasteiger partial charge on any atom is -0.481 e. The molecule has 0 radical (unpaired) electrons. The predicted molar refractivity (Wildman–Crippen MR) is 61.2 cm³/mol. The van der Waals surface area contributed by atoms with Gasteiger partial charge in [-0.3, -0.25) is 24.3 Å². The zero-order valence-electron chi connectivity index (χ0n) is 10.6. The highest BCUT2D eigenvalue weighted by Crippen LogP contribution is 2.16. The van der Waals surface area contributed by atoms with E-state index in [-0.39, 0.29) is 43.7 Å². The van der Waals surface area contributed by atoms with Crippen molar-refractivity contribution in [2.75, 3.05) is 31.3 Å². The number of carboxylic acids is 1. The Hall–Kier alpha value is -2.39. The normalized spacial score (nSPS) is 19.8. The van der Waals surface area contributed by atoms with Gasteiger partial charge in [-0.1, -0.05) is 0 Å². The molecule has 0 aromatic carbocycles. The molecule has 20 heavy (non-hydrogen) atoms. The van der Waals surface area contributed by atoms with Gasteiger partial charge in [0.25, 0.3) is 0 Å². The Morgan fingerprint density at radius 1 is 1.30 bits per heavy atom. The Labute approximate surface area is 112 Å². The van der Waals surface area contributed by atoms with Crippen LogP contribution < -0.4 is 9.85 Å². The third kappa shape index (κ3) is 2.24. The van der Waals surface area contributed by atoms with E-state index in [0.29, 0.717) is 13.1 Å². The van der Waals surface area contributed by atoms with E-state index in [4.69, 9.17) is 14.6 Å². The number of nitrogens with zero attached hydrogens (tertiary/aromatic N) is 4. The lowest BCUT2D eigenvalue weighted by atomic mass is 10.0. The van der Waals surface area contributed by atoms with Gasteiger partial charge in [0.1, 0.15) is 11.6 Å². The van der Waals surface area contributed by atoms with Crippen LogP contribution in [0.1, 0.15) is 12.8 Å². The smallest absolute Gasteiger partial charge is 0.310 e. The van der Waals surface area contributed by atoms with Crippen molar-refractivity contribution < 1.29 is 29.0 Å². The molecule has 10 heteroatoms. The first-order chi connectivity index (χ1) is 9.56. The molecular weight excluding hydrogens is 272 g/mol. The molecule has 2 amide bonds. The summed E-state index contributed by atoms with van der Waals surface area (Å²) in [6.07, 6.45) is 0.519. The summed E-state index contributed by atoms with van der Waals surface area (Å²) in [7, 11) is 0. The number of aromatic nitrogens is 2. The topological polar surface area (TPSA) is 110 Å².